The minimum Gasteiger partial charge on any atom is -0.459 e. The van der Waals surface area contributed by atoms with E-state index in [1.165, 1.54) is 6.92 Å². The first-order valence-corrected chi connectivity index (χ1v) is 7.92. The van der Waals surface area contributed by atoms with E-state index in [-0.39, 0.29) is 13.2 Å². The third kappa shape index (κ3) is 6.27. The van der Waals surface area contributed by atoms with Crippen LogP contribution >= 0.6 is 0 Å². The number of ether oxygens (including phenoxy) is 2. The van der Waals surface area contributed by atoms with Crippen molar-refractivity contribution in [3.63, 3.8) is 0 Å². The Morgan fingerprint density at radius 3 is 1.88 bits per heavy atom. The maximum absolute atomic E-state index is 12.1. The molecule has 2 aromatic carbocycles. The SMILES string of the molecule is C[C@H](O)[C@@H](NC(=O)OCc1ccccc1)C(=O)OCc1ccccc1. The zero-order chi connectivity index (χ0) is 18.1. The molecule has 0 saturated heterocycles. The van der Waals surface area contributed by atoms with E-state index in [0.717, 1.165) is 11.1 Å². The van der Waals surface area contributed by atoms with E-state index in [0.29, 0.717) is 0 Å². The normalized spacial score (nSPS) is 12.7. The molecule has 2 rings (SSSR count). The van der Waals surface area contributed by atoms with Crippen molar-refractivity contribution >= 4 is 12.1 Å². The highest BCUT2D eigenvalue weighted by atomic mass is 16.6. The highest BCUT2D eigenvalue weighted by Crippen LogP contribution is 2.05. The Hall–Kier alpha value is -2.86. The number of nitrogens with one attached hydrogen (secondary N) is 1. The number of hydrogen-bond donors (Lipinski definition) is 2. The number of carbonyl (C=O) groups excluding carboxylic acids is 2. The Balaban J connectivity index is 1.84. The number of hydrogen-bond acceptors (Lipinski definition) is 5. The van der Waals surface area contributed by atoms with Crippen LogP contribution in [-0.4, -0.2) is 29.3 Å². The van der Waals surface area contributed by atoms with Gasteiger partial charge in [0, 0.05) is 0 Å². The van der Waals surface area contributed by atoms with Crippen LogP contribution in [0.4, 0.5) is 4.79 Å². The molecule has 0 aliphatic rings. The molecule has 0 bridgehead atoms. The maximum Gasteiger partial charge on any atom is 0.408 e. The Labute approximate surface area is 146 Å². The summed E-state index contributed by atoms with van der Waals surface area (Å²) in [6.07, 6.45) is -1.92. The van der Waals surface area contributed by atoms with Crippen molar-refractivity contribution in [3.05, 3.63) is 71.8 Å². The lowest BCUT2D eigenvalue weighted by molar-refractivity contribution is -0.150. The van der Waals surface area contributed by atoms with Gasteiger partial charge in [-0.25, -0.2) is 9.59 Å². The summed E-state index contributed by atoms with van der Waals surface area (Å²) in [6.45, 7) is 1.52. The van der Waals surface area contributed by atoms with Crippen LogP contribution in [0.5, 0.6) is 0 Å². The van der Waals surface area contributed by atoms with Crippen LogP contribution in [0.25, 0.3) is 0 Å². The second-order valence-corrected chi connectivity index (χ2v) is 5.52. The third-order valence-corrected chi connectivity index (χ3v) is 3.45. The number of aliphatic hydroxyl groups excluding tert-OH is 1. The van der Waals surface area contributed by atoms with Gasteiger partial charge in [0.2, 0.25) is 0 Å². The van der Waals surface area contributed by atoms with Gasteiger partial charge in [-0.15, -0.1) is 0 Å². The molecule has 0 aromatic heterocycles. The Kier molecular flexibility index (Phi) is 6.98. The average molecular weight is 343 g/mol. The molecule has 2 aromatic rings. The van der Waals surface area contributed by atoms with E-state index in [4.69, 9.17) is 9.47 Å². The summed E-state index contributed by atoms with van der Waals surface area (Å²) >= 11 is 0. The number of aliphatic hydroxyl groups is 1. The highest BCUT2D eigenvalue weighted by molar-refractivity contribution is 5.81. The molecule has 2 atom stereocenters. The summed E-state index contributed by atoms with van der Waals surface area (Å²) in [7, 11) is 0. The molecule has 2 N–H and O–H groups in total. The van der Waals surface area contributed by atoms with Crippen molar-refractivity contribution in [2.75, 3.05) is 0 Å². The highest BCUT2D eigenvalue weighted by Gasteiger charge is 2.27. The maximum atomic E-state index is 12.1. The van der Waals surface area contributed by atoms with Crippen LogP contribution in [-0.2, 0) is 27.5 Å². The van der Waals surface area contributed by atoms with Gasteiger partial charge in [-0.3, -0.25) is 0 Å². The van der Waals surface area contributed by atoms with Gasteiger partial charge in [0.1, 0.15) is 13.2 Å². The summed E-state index contributed by atoms with van der Waals surface area (Å²) in [4.78, 5) is 24.0. The monoisotopic (exact) mass is 343 g/mol. The Morgan fingerprint density at radius 1 is 0.920 bits per heavy atom. The second-order valence-electron chi connectivity index (χ2n) is 5.52. The average Bonchev–Trinajstić information content (AvgIpc) is 2.64. The number of esters is 1. The van der Waals surface area contributed by atoms with Gasteiger partial charge < -0.3 is 19.9 Å². The van der Waals surface area contributed by atoms with Gasteiger partial charge in [-0.05, 0) is 18.1 Å². The van der Waals surface area contributed by atoms with Crippen LogP contribution in [0.1, 0.15) is 18.1 Å². The fraction of sp³-hybridized carbons (Fsp3) is 0.263. The molecular formula is C19H21NO5. The number of amides is 1. The van der Waals surface area contributed by atoms with Gasteiger partial charge in [0.25, 0.3) is 0 Å². The van der Waals surface area contributed by atoms with Crippen LogP contribution in [0.3, 0.4) is 0 Å². The zero-order valence-electron chi connectivity index (χ0n) is 13.9. The van der Waals surface area contributed by atoms with Crippen molar-refractivity contribution in [2.24, 2.45) is 0 Å². The number of alkyl carbamates (subject to hydrolysis) is 1. The predicted molar refractivity (Wildman–Crippen MR) is 91.5 cm³/mol. The van der Waals surface area contributed by atoms with Crippen LogP contribution in [0.2, 0.25) is 0 Å². The Morgan fingerprint density at radius 2 is 1.40 bits per heavy atom. The quantitative estimate of drug-likeness (QED) is 0.754. The molecule has 0 spiro atoms. The summed E-state index contributed by atoms with van der Waals surface area (Å²) in [5, 5.41) is 12.1. The Bertz CT molecular complexity index is 673. The lowest BCUT2D eigenvalue weighted by atomic mass is 10.2. The fourth-order valence-corrected chi connectivity index (χ4v) is 2.09. The van der Waals surface area contributed by atoms with Crippen molar-refractivity contribution in [1.82, 2.24) is 5.32 Å². The molecule has 0 aliphatic carbocycles. The van der Waals surface area contributed by atoms with Gasteiger partial charge in [0.15, 0.2) is 6.04 Å². The van der Waals surface area contributed by atoms with E-state index < -0.39 is 24.2 Å². The summed E-state index contributed by atoms with van der Waals surface area (Å²) in [6, 6.07) is 17.1. The minimum absolute atomic E-state index is 0.0592. The molecule has 1 amide bonds. The largest absolute Gasteiger partial charge is 0.459 e. The van der Waals surface area contributed by atoms with Crippen molar-refractivity contribution in [3.8, 4) is 0 Å². The molecule has 0 unspecified atom stereocenters. The van der Waals surface area contributed by atoms with E-state index in [9.17, 15) is 14.7 Å². The molecule has 132 valence electrons. The standard InChI is InChI=1S/C19H21NO5/c1-14(21)17(18(22)24-12-15-8-4-2-5-9-15)20-19(23)25-13-16-10-6-3-7-11-16/h2-11,14,17,21H,12-13H2,1H3,(H,20,23)/t14-,17+/m0/s1. The summed E-state index contributed by atoms with van der Waals surface area (Å²) in [5.74, 6) is -0.726. The minimum atomic E-state index is -1.20. The van der Waals surface area contributed by atoms with Crippen LogP contribution in [0, 0.1) is 0 Å². The molecular weight excluding hydrogens is 322 g/mol. The lowest BCUT2D eigenvalue weighted by Crippen LogP contribution is -2.48. The first-order valence-electron chi connectivity index (χ1n) is 7.92. The fourth-order valence-electron chi connectivity index (χ4n) is 2.09. The molecule has 0 fully saturated rings. The number of benzene rings is 2. The first kappa shape index (κ1) is 18.5. The molecule has 0 radical (unpaired) electrons. The van der Waals surface area contributed by atoms with Gasteiger partial charge in [-0.2, -0.15) is 0 Å². The second kappa shape index (κ2) is 9.44. The molecule has 25 heavy (non-hydrogen) atoms. The van der Waals surface area contributed by atoms with E-state index in [2.05, 4.69) is 5.32 Å². The third-order valence-electron chi connectivity index (χ3n) is 3.45. The van der Waals surface area contributed by atoms with E-state index in [1.807, 2.05) is 60.7 Å². The van der Waals surface area contributed by atoms with Gasteiger partial charge in [0.05, 0.1) is 6.10 Å². The van der Waals surface area contributed by atoms with Crippen molar-refractivity contribution in [1.29, 1.82) is 0 Å². The van der Waals surface area contributed by atoms with Gasteiger partial charge >= 0.3 is 12.1 Å². The van der Waals surface area contributed by atoms with E-state index >= 15 is 0 Å². The van der Waals surface area contributed by atoms with Crippen LogP contribution < -0.4 is 5.32 Å². The topological polar surface area (TPSA) is 84.9 Å². The smallest absolute Gasteiger partial charge is 0.408 e. The summed E-state index contributed by atoms with van der Waals surface area (Å²) < 4.78 is 10.2. The zero-order valence-corrected chi connectivity index (χ0v) is 13.9. The molecule has 6 heteroatoms. The van der Waals surface area contributed by atoms with E-state index in [1.54, 1.807) is 0 Å². The van der Waals surface area contributed by atoms with Crippen LogP contribution in [0.15, 0.2) is 60.7 Å². The summed E-state index contributed by atoms with van der Waals surface area (Å²) in [5.41, 5.74) is 1.63. The molecule has 0 saturated carbocycles. The number of carbonyl (C=O) groups is 2. The molecule has 6 nitrogen and oxygen atoms in total. The number of rotatable bonds is 7. The van der Waals surface area contributed by atoms with Crippen molar-refractivity contribution in [2.45, 2.75) is 32.3 Å². The van der Waals surface area contributed by atoms with Crippen molar-refractivity contribution < 1.29 is 24.2 Å². The van der Waals surface area contributed by atoms with Gasteiger partial charge in [-0.1, -0.05) is 60.7 Å². The predicted octanol–water partition coefficient (Wildman–Crippen LogP) is 2.41. The lowest BCUT2D eigenvalue weighted by Gasteiger charge is -2.19. The molecule has 0 aliphatic heterocycles. The first-order chi connectivity index (χ1) is 12.1. The molecule has 0 heterocycles.